The summed E-state index contributed by atoms with van der Waals surface area (Å²) in [4.78, 5) is 35.2. The summed E-state index contributed by atoms with van der Waals surface area (Å²) >= 11 is 0. The van der Waals surface area contributed by atoms with Gasteiger partial charge in [0.25, 0.3) is 11.8 Å². The molecule has 1 atom stereocenters. The van der Waals surface area contributed by atoms with E-state index in [4.69, 9.17) is 14.2 Å². The Morgan fingerprint density at radius 1 is 1.12 bits per heavy atom. The van der Waals surface area contributed by atoms with Crippen LogP contribution in [0.1, 0.15) is 30.6 Å². The lowest BCUT2D eigenvalue weighted by atomic mass is 10.2. The summed E-state index contributed by atoms with van der Waals surface area (Å²) in [6, 6.07) is 4.64. The number of esters is 1. The van der Waals surface area contributed by atoms with Crippen LogP contribution in [-0.4, -0.2) is 51.2 Å². The van der Waals surface area contributed by atoms with Gasteiger partial charge in [-0.05, 0) is 31.5 Å². The average molecular weight is 352 g/mol. The highest BCUT2D eigenvalue weighted by molar-refractivity contribution is 5.96. The number of hydrogen-bond acceptors (Lipinski definition) is 6. The smallest absolute Gasteiger partial charge is 0.325 e. The van der Waals surface area contributed by atoms with Crippen molar-refractivity contribution in [3.8, 4) is 11.5 Å². The Morgan fingerprint density at radius 3 is 2.40 bits per heavy atom. The molecule has 8 nitrogen and oxygen atoms in total. The molecule has 2 amide bonds. The average Bonchev–Trinajstić information content (AvgIpc) is 2.63. The van der Waals surface area contributed by atoms with Crippen molar-refractivity contribution in [3.63, 3.8) is 0 Å². The Morgan fingerprint density at radius 2 is 1.80 bits per heavy atom. The number of nitrogens with one attached hydrogen (secondary N) is 2. The van der Waals surface area contributed by atoms with E-state index in [9.17, 15) is 14.4 Å². The van der Waals surface area contributed by atoms with Gasteiger partial charge in [0, 0.05) is 11.6 Å². The lowest BCUT2D eigenvalue weighted by Gasteiger charge is -2.12. The third-order valence-corrected chi connectivity index (χ3v) is 3.42. The van der Waals surface area contributed by atoms with Crippen LogP contribution >= 0.6 is 0 Å². The summed E-state index contributed by atoms with van der Waals surface area (Å²) < 4.78 is 15.0. The quantitative estimate of drug-likeness (QED) is 0.640. The van der Waals surface area contributed by atoms with Crippen LogP contribution in [0.2, 0.25) is 0 Å². The fourth-order valence-corrected chi connectivity index (χ4v) is 1.85. The molecule has 0 saturated carbocycles. The van der Waals surface area contributed by atoms with Crippen LogP contribution in [0.4, 0.5) is 0 Å². The zero-order valence-electron chi connectivity index (χ0n) is 14.9. The van der Waals surface area contributed by atoms with Gasteiger partial charge in [0.15, 0.2) is 18.1 Å². The number of hydrogen-bond donors (Lipinski definition) is 2. The molecule has 0 spiro atoms. The van der Waals surface area contributed by atoms with Crippen LogP contribution in [0.5, 0.6) is 11.5 Å². The largest absolute Gasteiger partial charge is 0.493 e. The van der Waals surface area contributed by atoms with Gasteiger partial charge in [-0.1, -0.05) is 6.92 Å². The molecule has 0 saturated heterocycles. The Kier molecular flexibility index (Phi) is 8.25. The molecular weight excluding hydrogens is 328 g/mol. The van der Waals surface area contributed by atoms with E-state index in [1.165, 1.54) is 20.3 Å². The zero-order valence-corrected chi connectivity index (χ0v) is 14.9. The summed E-state index contributed by atoms with van der Waals surface area (Å²) in [5, 5.41) is 5.09. The molecule has 25 heavy (non-hydrogen) atoms. The third kappa shape index (κ3) is 6.70. The van der Waals surface area contributed by atoms with Crippen LogP contribution < -0.4 is 20.1 Å². The molecule has 0 aromatic heterocycles. The molecule has 138 valence electrons. The fourth-order valence-electron chi connectivity index (χ4n) is 1.85. The van der Waals surface area contributed by atoms with E-state index < -0.39 is 11.9 Å². The molecule has 0 bridgehead atoms. The van der Waals surface area contributed by atoms with Crippen molar-refractivity contribution < 1.29 is 28.6 Å². The van der Waals surface area contributed by atoms with Gasteiger partial charge >= 0.3 is 5.97 Å². The molecule has 1 aromatic rings. The normalized spacial score (nSPS) is 11.2. The summed E-state index contributed by atoms with van der Waals surface area (Å²) in [6.45, 7) is 3.06. The molecule has 0 radical (unpaired) electrons. The number of carbonyl (C=O) groups excluding carboxylic acids is 3. The minimum Gasteiger partial charge on any atom is -0.493 e. The highest BCUT2D eigenvalue weighted by atomic mass is 16.5. The number of methoxy groups -OCH3 is 2. The van der Waals surface area contributed by atoms with Gasteiger partial charge < -0.3 is 24.8 Å². The lowest BCUT2D eigenvalue weighted by molar-refractivity contribution is -0.147. The maximum atomic E-state index is 12.0. The molecule has 0 aliphatic heterocycles. The first-order valence-electron chi connectivity index (χ1n) is 7.86. The minimum atomic E-state index is -0.701. The molecule has 1 rings (SSSR count). The second-order valence-electron chi connectivity index (χ2n) is 5.29. The van der Waals surface area contributed by atoms with Crippen LogP contribution in [0.25, 0.3) is 0 Å². The summed E-state index contributed by atoms with van der Waals surface area (Å²) in [5.74, 6) is -0.658. The summed E-state index contributed by atoms with van der Waals surface area (Å²) in [7, 11) is 2.95. The first-order valence-corrected chi connectivity index (χ1v) is 7.86. The van der Waals surface area contributed by atoms with E-state index >= 15 is 0 Å². The minimum absolute atomic E-state index is 0.0101. The van der Waals surface area contributed by atoms with Crippen LogP contribution in [0.3, 0.4) is 0 Å². The molecule has 8 heteroatoms. The molecule has 0 aliphatic rings. The Labute approximate surface area is 146 Å². The molecule has 1 aromatic carbocycles. The summed E-state index contributed by atoms with van der Waals surface area (Å²) in [5.41, 5.74) is 0.306. The Bertz CT molecular complexity index is 617. The fraction of sp³-hybridized carbons (Fsp3) is 0.471. The lowest BCUT2D eigenvalue weighted by Crippen LogP contribution is -2.37. The number of amides is 2. The van der Waals surface area contributed by atoms with Crippen LogP contribution in [0, 0.1) is 0 Å². The molecule has 0 heterocycles. The number of benzene rings is 1. The number of rotatable bonds is 9. The first-order chi connectivity index (χ1) is 11.9. The van der Waals surface area contributed by atoms with Crippen LogP contribution in [-0.2, 0) is 14.3 Å². The van der Waals surface area contributed by atoms with E-state index in [1.54, 1.807) is 12.1 Å². The topological polar surface area (TPSA) is 103 Å². The van der Waals surface area contributed by atoms with Crippen molar-refractivity contribution in [1.82, 2.24) is 10.6 Å². The second kappa shape index (κ2) is 10.2. The van der Waals surface area contributed by atoms with E-state index in [-0.39, 0.29) is 25.1 Å². The molecule has 0 fully saturated rings. The van der Waals surface area contributed by atoms with Gasteiger partial charge in [-0.2, -0.15) is 0 Å². The highest BCUT2D eigenvalue weighted by Crippen LogP contribution is 2.27. The first kappa shape index (κ1) is 20.3. The third-order valence-electron chi connectivity index (χ3n) is 3.42. The van der Waals surface area contributed by atoms with Crippen molar-refractivity contribution in [3.05, 3.63) is 23.8 Å². The standard InChI is InChI=1S/C17H24N2O6/c1-5-11(2)19-15(20)10-25-16(21)9-18-17(22)12-6-7-13(23-3)14(8-12)24-4/h6-8,11H,5,9-10H2,1-4H3,(H,18,22)(H,19,20). The molecule has 1 unspecified atom stereocenters. The molecular formula is C17H24N2O6. The van der Waals surface area contributed by atoms with Gasteiger partial charge in [-0.3, -0.25) is 14.4 Å². The number of ether oxygens (including phenoxy) is 3. The monoisotopic (exact) mass is 352 g/mol. The maximum Gasteiger partial charge on any atom is 0.325 e. The van der Waals surface area contributed by atoms with E-state index in [0.717, 1.165) is 6.42 Å². The van der Waals surface area contributed by atoms with Crippen LogP contribution in [0.15, 0.2) is 18.2 Å². The second-order valence-corrected chi connectivity index (χ2v) is 5.29. The van der Waals surface area contributed by atoms with Gasteiger partial charge in [0.1, 0.15) is 6.54 Å². The van der Waals surface area contributed by atoms with Crippen molar-refractivity contribution in [2.45, 2.75) is 26.3 Å². The van der Waals surface area contributed by atoms with E-state index in [0.29, 0.717) is 17.1 Å². The van der Waals surface area contributed by atoms with E-state index in [2.05, 4.69) is 10.6 Å². The van der Waals surface area contributed by atoms with Crippen molar-refractivity contribution in [1.29, 1.82) is 0 Å². The van der Waals surface area contributed by atoms with Gasteiger partial charge in [0.05, 0.1) is 14.2 Å². The Balaban J connectivity index is 2.45. The maximum absolute atomic E-state index is 12.0. The highest BCUT2D eigenvalue weighted by Gasteiger charge is 2.13. The molecule has 0 aliphatic carbocycles. The number of carbonyl (C=O) groups is 3. The summed E-state index contributed by atoms with van der Waals surface area (Å²) in [6.07, 6.45) is 0.779. The predicted molar refractivity (Wildman–Crippen MR) is 90.7 cm³/mol. The SMILES string of the molecule is CCC(C)NC(=O)COC(=O)CNC(=O)c1ccc(OC)c(OC)c1. The van der Waals surface area contributed by atoms with Crippen molar-refractivity contribution >= 4 is 17.8 Å². The van der Waals surface area contributed by atoms with Gasteiger partial charge in [0.2, 0.25) is 0 Å². The van der Waals surface area contributed by atoms with Gasteiger partial charge in [-0.25, -0.2) is 0 Å². The van der Waals surface area contributed by atoms with Crippen molar-refractivity contribution in [2.24, 2.45) is 0 Å². The molecule has 2 N–H and O–H groups in total. The van der Waals surface area contributed by atoms with Crippen molar-refractivity contribution in [2.75, 3.05) is 27.4 Å². The zero-order chi connectivity index (χ0) is 18.8. The Hall–Kier alpha value is -2.77. The van der Waals surface area contributed by atoms with E-state index in [1.807, 2.05) is 13.8 Å². The van der Waals surface area contributed by atoms with Gasteiger partial charge in [-0.15, -0.1) is 0 Å². The predicted octanol–water partition coefficient (Wildman–Crippen LogP) is 0.892.